The van der Waals surface area contributed by atoms with Gasteiger partial charge in [0.05, 0.1) is 11.9 Å². The molecule has 0 saturated heterocycles. The number of carbonyl (C=O) groups excluding carboxylic acids is 2. The standard InChI is InChI=1S/C17H19N3O2/c1-17(2,3)13-8-4-5-9-14(13)20-16(22)15(21)19-12-7-6-10-18-11-12/h4-11H,1-3H3,(H,19,21)(H,20,22). The Kier molecular flexibility index (Phi) is 4.56. The van der Waals surface area contributed by atoms with E-state index in [2.05, 4.69) is 15.6 Å². The lowest BCUT2D eigenvalue weighted by molar-refractivity contribution is -0.133. The third-order valence-electron chi connectivity index (χ3n) is 3.11. The number of anilines is 2. The van der Waals surface area contributed by atoms with Crippen LogP contribution in [0.3, 0.4) is 0 Å². The molecule has 2 rings (SSSR count). The maximum atomic E-state index is 12.1. The van der Waals surface area contributed by atoms with Gasteiger partial charge >= 0.3 is 11.8 Å². The van der Waals surface area contributed by atoms with Crippen LogP contribution in [0.2, 0.25) is 0 Å². The average Bonchev–Trinajstić information content (AvgIpc) is 2.47. The minimum atomic E-state index is -0.725. The van der Waals surface area contributed by atoms with Gasteiger partial charge < -0.3 is 10.6 Å². The van der Waals surface area contributed by atoms with Crippen molar-refractivity contribution in [3.8, 4) is 0 Å². The molecular formula is C17H19N3O2. The Morgan fingerprint density at radius 3 is 2.27 bits per heavy atom. The predicted molar refractivity (Wildman–Crippen MR) is 86.6 cm³/mol. The summed E-state index contributed by atoms with van der Waals surface area (Å²) in [6.45, 7) is 6.15. The summed E-state index contributed by atoms with van der Waals surface area (Å²) in [6.07, 6.45) is 3.07. The van der Waals surface area contributed by atoms with E-state index in [1.807, 2.05) is 39.0 Å². The molecule has 0 aliphatic heterocycles. The third-order valence-corrected chi connectivity index (χ3v) is 3.11. The van der Waals surface area contributed by atoms with Crippen molar-refractivity contribution in [1.29, 1.82) is 0 Å². The lowest BCUT2D eigenvalue weighted by Crippen LogP contribution is -2.30. The molecule has 1 aromatic carbocycles. The molecule has 0 radical (unpaired) electrons. The van der Waals surface area contributed by atoms with Crippen molar-refractivity contribution < 1.29 is 9.59 Å². The molecule has 5 nitrogen and oxygen atoms in total. The normalized spacial score (nSPS) is 10.9. The Bertz CT molecular complexity index is 676. The van der Waals surface area contributed by atoms with Crippen molar-refractivity contribution in [2.24, 2.45) is 0 Å². The number of amides is 2. The van der Waals surface area contributed by atoms with Crippen LogP contribution in [0.4, 0.5) is 11.4 Å². The zero-order valence-corrected chi connectivity index (χ0v) is 12.9. The molecule has 0 spiro atoms. The molecule has 0 bridgehead atoms. The highest BCUT2D eigenvalue weighted by Gasteiger charge is 2.21. The van der Waals surface area contributed by atoms with Crippen LogP contribution < -0.4 is 10.6 Å². The van der Waals surface area contributed by atoms with Crippen LogP contribution in [-0.2, 0) is 15.0 Å². The quantitative estimate of drug-likeness (QED) is 0.837. The maximum Gasteiger partial charge on any atom is 0.314 e. The Hall–Kier alpha value is -2.69. The Labute approximate surface area is 129 Å². The summed E-state index contributed by atoms with van der Waals surface area (Å²) in [4.78, 5) is 27.9. The molecule has 5 heteroatoms. The van der Waals surface area contributed by atoms with Gasteiger partial charge in [0.2, 0.25) is 0 Å². The van der Waals surface area contributed by atoms with Crippen molar-refractivity contribution >= 4 is 23.2 Å². The van der Waals surface area contributed by atoms with Crippen molar-refractivity contribution in [3.05, 3.63) is 54.4 Å². The Morgan fingerprint density at radius 1 is 0.955 bits per heavy atom. The second-order valence-corrected chi connectivity index (χ2v) is 5.95. The van der Waals surface area contributed by atoms with Gasteiger partial charge in [-0.1, -0.05) is 39.0 Å². The van der Waals surface area contributed by atoms with E-state index in [4.69, 9.17) is 0 Å². The minimum Gasteiger partial charge on any atom is -0.318 e. The molecule has 0 aliphatic rings. The number of benzene rings is 1. The number of nitrogens with zero attached hydrogens (tertiary/aromatic N) is 1. The van der Waals surface area contributed by atoms with Gasteiger partial charge in [-0.25, -0.2) is 0 Å². The van der Waals surface area contributed by atoms with E-state index in [1.165, 1.54) is 6.20 Å². The predicted octanol–water partition coefficient (Wildman–Crippen LogP) is 2.96. The second kappa shape index (κ2) is 6.39. The summed E-state index contributed by atoms with van der Waals surface area (Å²) in [6, 6.07) is 10.8. The zero-order valence-electron chi connectivity index (χ0n) is 12.9. The molecule has 2 amide bonds. The van der Waals surface area contributed by atoms with E-state index in [1.54, 1.807) is 24.4 Å². The number of hydrogen-bond donors (Lipinski definition) is 2. The summed E-state index contributed by atoms with van der Waals surface area (Å²) in [5.41, 5.74) is 1.95. The smallest absolute Gasteiger partial charge is 0.314 e. The first-order valence-corrected chi connectivity index (χ1v) is 7.00. The van der Waals surface area contributed by atoms with Crippen molar-refractivity contribution in [1.82, 2.24) is 4.98 Å². The Morgan fingerprint density at radius 2 is 1.64 bits per heavy atom. The summed E-state index contributed by atoms with van der Waals surface area (Å²) >= 11 is 0. The highest BCUT2D eigenvalue weighted by Crippen LogP contribution is 2.29. The molecule has 0 saturated carbocycles. The lowest BCUT2D eigenvalue weighted by Gasteiger charge is -2.22. The van der Waals surface area contributed by atoms with Gasteiger partial charge in [0.25, 0.3) is 0 Å². The van der Waals surface area contributed by atoms with Gasteiger partial charge in [0.15, 0.2) is 0 Å². The third kappa shape index (κ3) is 3.91. The number of para-hydroxylation sites is 1. The second-order valence-electron chi connectivity index (χ2n) is 5.95. The number of rotatable bonds is 2. The summed E-state index contributed by atoms with van der Waals surface area (Å²) in [5, 5.41) is 5.17. The van der Waals surface area contributed by atoms with E-state index in [0.29, 0.717) is 11.4 Å². The summed E-state index contributed by atoms with van der Waals surface area (Å²) in [7, 11) is 0. The number of pyridine rings is 1. The molecule has 2 aromatic rings. The van der Waals surface area contributed by atoms with Crippen LogP contribution in [0.25, 0.3) is 0 Å². The summed E-state index contributed by atoms with van der Waals surface area (Å²) < 4.78 is 0. The van der Waals surface area contributed by atoms with Gasteiger partial charge in [-0.3, -0.25) is 14.6 Å². The van der Waals surface area contributed by atoms with Gasteiger partial charge in [0.1, 0.15) is 0 Å². The van der Waals surface area contributed by atoms with Crippen LogP contribution in [-0.4, -0.2) is 16.8 Å². The molecule has 22 heavy (non-hydrogen) atoms. The molecular weight excluding hydrogens is 278 g/mol. The fourth-order valence-electron chi connectivity index (χ4n) is 2.05. The lowest BCUT2D eigenvalue weighted by atomic mass is 9.86. The minimum absolute atomic E-state index is 0.135. The average molecular weight is 297 g/mol. The van der Waals surface area contributed by atoms with Gasteiger partial charge in [-0.05, 0) is 29.2 Å². The summed E-state index contributed by atoms with van der Waals surface area (Å²) in [5.74, 6) is -1.43. The highest BCUT2D eigenvalue weighted by molar-refractivity contribution is 6.43. The highest BCUT2D eigenvalue weighted by atomic mass is 16.2. The molecule has 0 aliphatic carbocycles. The van der Waals surface area contributed by atoms with Crippen molar-refractivity contribution in [2.75, 3.05) is 10.6 Å². The van der Waals surface area contributed by atoms with Gasteiger partial charge in [0, 0.05) is 11.9 Å². The van der Waals surface area contributed by atoms with Crippen molar-refractivity contribution in [2.45, 2.75) is 26.2 Å². The van der Waals surface area contributed by atoms with E-state index in [9.17, 15) is 9.59 Å². The number of aromatic nitrogens is 1. The van der Waals surface area contributed by atoms with E-state index in [0.717, 1.165) is 5.56 Å². The monoisotopic (exact) mass is 297 g/mol. The number of hydrogen-bond acceptors (Lipinski definition) is 3. The number of nitrogens with one attached hydrogen (secondary N) is 2. The zero-order chi connectivity index (χ0) is 16.2. The van der Waals surface area contributed by atoms with E-state index >= 15 is 0 Å². The maximum absolute atomic E-state index is 12.1. The van der Waals surface area contributed by atoms with E-state index in [-0.39, 0.29) is 5.41 Å². The van der Waals surface area contributed by atoms with Crippen LogP contribution in [0.15, 0.2) is 48.8 Å². The molecule has 1 heterocycles. The van der Waals surface area contributed by atoms with Crippen molar-refractivity contribution in [3.63, 3.8) is 0 Å². The molecule has 0 fully saturated rings. The first kappa shape index (κ1) is 15.7. The molecule has 1 aromatic heterocycles. The first-order chi connectivity index (χ1) is 10.4. The molecule has 0 unspecified atom stereocenters. The fourth-order valence-corrected chi connectivity index (χ4v) is 2.05. The first-order valence-electron chi connectivity index (χ1n) is 7.00. The van der Waals surface area contributed by atoms with Gasteiger partial charge in [-0.2, -0.15) is 0 Å². The molecule has 0 atom stereocenters. The Balaban J connectivity index is 2.11. The van der Waals surface area contributed by atoms with Gasteiger partial charge in [-0.15, -0.1) is 0 Å². The largest absolute Gasteiger partial charge is 0.318 e. The van der Waals surface area contributed by atoms with Crippen LogP contribution >= 0.6 is 0 Å². The molecule has 2 N–H and O–H groups in total. The van der Waals surface area contributed by atoms with Crippen LogP contribution in [0.1, 0.15) is 26.3 Å². The topological polar surface area (TPSA) is 71.1 Å². The molecule has 114 valence electrons. The number of carbonyl (C=O) groups is 2. The van der Waals surface area contributed by atoms with Crippen LogP contribution in [0, 0.1) is 0 Å². The van der Waals surface area contributed by atoms with E-state index < -0.39 is 11.8 Å². The fraction of sp³-hybridized carbons (Fsp3) is 0.235. The van der Waals surface area contributed by atoms with Crippen LogP contribution in [0.5, 0.6) is 0 Å². The SMILES string of the molecule is CC(C)(C)c1ccccc1NC(=O)C(=O)Nc1cccnc1.